The minimum absolute atomic E-state index is 0.307. The predicted octanol–water partition coefficient (Wildman–Crippen LogP) is 4.44. The van der Waals surface area contributed by atoms with E-state index in [1.165, 1.54) is 0 Å². The third-order valence-corrected chi connectivity index (χ3v) is 7.30. The molecule has 0 radical (unpaired) electrons. The first-order valence-electron chi connectivity index (χ1n) is 10.4. The fraction of sp³-hybridized carbons (Fsp3) is 0.217. The fourth-order valence-corrected chi connectivity index (χ4v) is 4.96. The lowest BCUT2D eigenvalue weighted by molar-refractivity contribution is 0.484. The number of pyridine rings is 1. The number of hydrogen-bond acceptors (Lipinski definition) is 6. The lowest BCUT2D eigenvalue weighted by Crippen LogP contribution is -2.17. The summed E-state index contributed by atoms with van der Waals surface area (Å²) in [5, 5.41) is 11.3. The zero-order chi connectivity index (χ0) is 22.3. The molecule has 5 rings (SSSR count). The standard InChI is InChI=1S/C23H23N5O3S/c1-15-25-26-23-21(24-2)12-16(14-28(15)23)20-13-17(27-32(29,30)19-9-10-19)8-11-22(20)31-18-6-4-3-5-7-18/h3-8,11-14,19,24,27H,9-10H2,1-2H3. The van der Waals surface area contributed by atoms with Crippen molar-refractivity contribution in [2.75, 3.05) is 17.1 Å². The van der Waals surface area contributed by atoms with Gasteiger partial charge in [-0.3, -0.25) is 9.12 Å². The molecule has 1 saturated carbocycles. The van der Waals surface area contributed by atoms with Crippen LogP contribution < -0.4 is 14.8 Å². The summed E-state index contributed by atoms with van der Waals surface area (Å²) in [4.78, 5) is 0. The first-order valence-corrected chi connectivity index (χ1v) is 11.9. The molecule has 0 aliphatic heterocycles. The molecule has 2 heterocycles. The van der Waals surface area contributed by atoms with Gasteiger partial charge in [-0.05, 0) is 56.2 Å². The Hall–Kier alpha value is -3.59. The van der Waals surface area contributed by atoms with E-state index in [0.717, 1.165) is 22.6 Å². The molecule has 1 fully saturated rings. The number of aryl methyl sites for hydroxylation is 1. The number of anilines is 2. The van der Waals surface area contributed by atoms with Gasteiger partial charge in [-0.2, -0.15) is 0 Å². The minimum atomic E-state index is -3.38. The zero-order valence-electron chi connectivity index (χ0n) is 17.7. The number of nitrogens with one attached hydrogen (secondary N) is 2. The van der Waals surface area contributed by atoms with Crippen LogP contribution in [0.2, 0.25) is 0 Å². The number of hydrogen-bond donors (Lipinski definition) is 2. The van der Waals surface area contributed by atoms with Gasteiger partial charge in [0.05, 0.1) is 10.9 Å². The van der Waals surface area contributed by atoms with Crippen molar-refractivity contribution >= 4 is 27.0 Å². The van der Waals surface area contributed by atoms with Crippen molar-refractivity contribution < 1.29 is 13.2 Å². The molecule has 0 saturated heterocycles. The van der Waals surface area contributed by atoms with E-state index in [1.807, 2.05) is 61.0 Å². The summed E-state index contributed by atoms with van der Waals surface area (Å²) < 4.78 is 35.8. The van der Waals surface area contributed by atoms with E-state index < -0.39 is 10.0 Å². The highest BCUT2D eigenvalue weighted by Gasteiger charge is 2.35. The second kappa shape index (κ2) is 7.83. The second-order valence-corrected chi connectivity index (χ2v) is 9.77. The molecule has 0 spiro atoms. The van der Waals surface area contributed by atoms with Gasteiger partial charge >= 0.3 is 0 Å². The van der Waals surface area contributed by atoms with Crippen LogP contribution in [0.25, 0.3) is 16.8 Å². The molecule has 32 heavy (non-hydrogen) atoms. The van der Waals surface area contributed by atoms with Gasteiger partial charge in [0.25, 0.3) is 0 Å². The first kappa shape index (κ1) is 20.3. The summed E-state index contributed by atoms with van der Waals surface area (Å²) in [6.45, 7) is 1.88. The summed E-state index contributed by atoms with van der Waals surface area (Å²) >= 11 is 0. The maximum atomic E-state index is 12.5. The molecule has 9 heteroatoms. The van der Waals surface area contributed by atoms with Gasteiger partial charge in [-0.15, -0.1) is 10.2 Å². The number of benzene rings is 2. The van der Waals surface area contributed by atoms with E-state index >= 15 is 0 Å². The number of rotatable bonds is 7. The van der Waals surface area contributed by atoms with E-state index in [-0.39, 0.29) is 5.25 Å². The molecule has 1 aliphatic rings. The van der Waals surface area contributed by atoms with Gasteiger partial charge in [0.15, 0.2) is 5.65 Å². The van der Waals surface area contributed by atoms with E-state index in [4.69, 9.17) is 4.74 Å². The summed E-state index contributed by atoms with van der Waals surface area (Å²) in [6.07, 6.45) is 3.33. The second-order valence-electron chi connectivity index (χ2n) is 7.81. The molecule has 0 atom stereocenters. The fourth-order valence-electron chi connectivity index (χ4n) is 3.58. The average molecular weight is 450 g/mol. The molecule has 4 aromatic rings. The van der Waals surface area contributed by atoms with Crippen LogP contribution in [0.1, 0.15) is 18.7 Å². The van der Waals surface area contributed by atoms with Gasteiger partial charge in [0.1, 0.15) is 17.3 Å². The number of fused-ring (bicyclic) bond motifs is 1. The summed E-state index contributed by atoms with van der Waals surface area (Å²) in [5.41, 5.74) is 3.60. The number of aromatic nitrogens is 3. The van der Waals surface area contributed by atoms with Gasteiger partial charge in [-0.1, -0.05) is 18.2 Å². The van der Waals surface area contributed by atoms with E-state index in [9.17, 15) is 8.42 Å². The van der Waals surface area contributed by atoms with Crippen LogP contribution in [0.5, 0.6) is 11.5 Å². The number of ether oxygens (including phenoxy) is 1. The third kappa shape index (κ3) is 3.87. The van der Waals surface area contributed by atoms with Crippen LogP contribution in [0.15, 0.2) is 60.8 Å². The molecule has 164 valence electrons. The SMILES string of the molecule is CNc1cc(-c2cc(NS(=O)(=O)C3CC3)ccc2Oc2ccccc2)cn2c(C)nnc12. The Morgan fingerprint density at radius 1 is 1.06 bits per heavy atom. The van der Waals surface area contributed by atoms with Gasteiger partial charge < -0.3 is 10.1 Å². The summed E-state index contributed by atoms with van der Waals surface area (Å²) in [7, 11) is -1.56. The molecule has 8 nitrogen and oxygen atoms in total. The van der Waals surface area contributed by atoms with Gasteiger partial charge in [0.2, 0.25) is 10.0 Å². The third-order valence-electron chi connectivity index (χ3n) is 5.43. The van der Waals surface area contributed by atoms with E-state index in [2.05, 4.69) is 20.2 Å². The maximum absolute atomic E-state index is 12.5. The Morgan fingerprint density at radius 2 is 1.84 bits per heavy atom. The molecular formula is C23H23N5O3S. The van der Waals surface area contributed by atoms with Gasteiger partial charge in [0, 0.05) is 30.1 Å². The number of para-hydroxylation sites is 1. The van der Waals surface area contributed by atoms with Crippen LogP contribution in [0.3, 0.4) is 0 Å². The van der Waals surface area contributed by atoms with Crippen molar-refractivity contribution in [3.63, 3.8) is 0 Å². The lowest BCUT2D eigenvalue weighted by Gasteiger charge is -2.16. The average Bonchev–Trinajstić information content (AvgIpc) is 3.59. The first-order chi connectivity index (χ1) is 15.4. The van der Waals surface area contributed by atoms with Crippen molar-refractivity contribution in [3.8, 4) is 22.6 Å². The van der Waals surface area contributed by atoms with Crippen LogP contribution in [0, 0.1) is 6.92 Å². The molecule has 0 unspecified atom stereocenters. The van der Waals surface area contributed by atoms with Crippen LogP contribution in [-0.4, -0.2) is 35.3 Å². The zero-order valence-corrected chi connectivity index (χ0v) is 18.6. The van der Waals surface area contributed by atoms with Crippen LogP contribution in [0.4, 0.5) is 11.4 Å². The van der Waals surface area contributed by atoms with Crippen LogP contribution in [-0.2, 0) is 10.0 Å². The Balaban J connectivity index is 1.64. The largest absolute Gasteiger partial charge is 0.457 e. The molecule has 2 aromatic heterocycles. The van der Waals surface area contributed by atoms with Crippen molar-refractivity contribution in [2.24, 2.45) is 0 Å². The number of nitrogens with zero attached hydrogens (tertiary/aromatic N) is 3. The Morgan fingerprint density at radius 3 is 2.56 bits per heavy atom. The molecule has 1 aliphatic carbocycles. The van der Waals surface area contributed by atoms with Crippen LogP contribution >= 0.6 is 0 Å². The topological polar surface area (TPSA) is 97.6 Å². The van der Waals surface area contributed by atoms with E-state index in [1.54, 1.807) is 18.2 Å². The summed E-state index contributed by atoms with van der Waals surface area (Å²) in [6, 6.07) is 16.7. The highest BCUT2D eigenvalue weighted by molar-refractivity contribution is 7.93. The Labute approximate surface area is 186 Å². The van der Waals surface area contributed by atoms with Crippen molar-refractivity contribution in [1.82, 2.24) is 14.6 Å². The minimum Gasteiger partial charge on any atom is -0.457 e. The summed E-state index contributed by atoms with van der Waals surface area (Å²) in [5.74, 6) is 2.04. The Kier molecular flexibility index (Phi) is 4.97. The lowest BCUT2D eigenvalue weighted by atomic mass is 10.0. The smallest absolute Gasteiger partial charge is 0.235 e. The van der Waals surface area contributed by atoms with Crippen molar-refractivity contribution in [2.45, 2.75) is 25.0 Å². The Bertz CT molecular complexity index is 1400. The quantitative estimate of drug-likeness (QED) is 0.433. The van der Waals surface area contributed by atoms with E-state index in [0.29, 0.717) is 35.7 Å². The number of sulfonamides is 1. The molecule has 0 amide bonds. The normalized spacial score (nSPS) is 13.8. The maximum Gasteiger partial charge on any atom is 0.235 e. The van der Waals surface area contributed by atoms with Gasteiger partial charge in [-0.25, -0.2) is 8.42 Å². The highest BCUT2D eigenvalue weighted by atomic mass is 32.2. The highest BCUT2D eigenvalue weighted by Crippen LogP contribution is 2.38. The molecular weight excluding hydrogens is 426 g/mol. The molecule has 2 aromatic carbocycles. The van der Waals surface area contributed by atoms with Crippen molar-refractivity contribution in [1.29, 1.82) is 0 Å². The monoisotopic (exact) mass is 449 g/mol. The molecule has 0 bridgehead atoms. The van der Waals surface area contributed by atoms with Crippen molar-refractivity contribution in [3.05, 3.63) is 66.6 Å². The molecule has 2 N–H and O–H groups in total. The predicted molar refractivity (Wildman–Crippen MR) is 125 cm³/mol.